The van der Waals surface area contributed by atoms with Gasteiger partial charge in [-0.15, -0.1) is 0 Å². The molecule has 0 saturated heterocycles. The van der Waals surface area contributed by atoms with Crippen LogP contribution in [0.15, 0.2) is 12.1 Å². The summed E-state index contributed by atoms with van der Waals surface area (Å²) in [6, 6.07) is 5.20. The number of rotatable bonds is 10. The van der Waals surface area contributed by atoms with E-state index in [-0.39, 0.29) is 0 Å². The van der Waals surface area contributed by atoms with Gasteiger partial charge in [-0.1, -0.05) is 130 Å². The lowest BCUT2D eigenvalue weighted by atomic mass is 10.00. The zero-order valence-electron chi connectivity index (χ0n) is 26.9. The zero-order chi connectivity index (χ0) is 28.2. The fourth-order valence-electron chi connectivity index (χ4n) is 8.27. The lowest BCUT2D eigenvalue weighted by molar-refractivity contribution is 0.112. The third-order valence-corrected chi connectivity index (χ3v) is 35.4. The Kier molecular flexibility index (Phi) is 9.87. The normalized spacial score (nSPS) is 14.9. The Morgan fingerprint density at radius 2 is 0.686 bits per heavy atom. The average molecular weight is 581 g/mol. The molecule has 0 bridgehead atoms. The van der Waals surface area contributed by atoms with E-state index in [1.807, 2.05) is 0 Å². The van der Waals surface area contributed by atoms with Crippen LogP contribution >= 0.6 is 0 Å². The molecule has 0 spiro atoms. The fourth-order valence-corrected chi connectivity index (χ4v) is 46.5. The highest BCUT2D eigenvalue weighted by molar-refractivity contribution is 6.98. The number of benzene rings is 1. The molecule has 0 saturated carbocycles. The molecule has 0 aliphatic rings. The smallest absolute Gasteiger partial charge is 0.150 e. The molecule has 0 radical (unpaired) electrons. The number of hydrogen-bond acceptors (Lipinski definition) is 1. The topological polar surface area (TPSA) is 17.1 Å². The van der Waals surface area contributed by atoms with Gasteiger partial charge in [-0.05, 0) is 32.2 Å². The van der Waals surface area contributed by atoms with E-state index in [4.69, 9.17) is 0 Å². The molecule has 0 aromatic heterocycles. The van der Waals surface area contributed by atoms with Gasteiger partial charge in [-0.25, -0.2) is 0 Å². The van der Waals surface area contributed by atoms with Crippen molar-refractivity contribution in [2.24, 2.45) is 0 Å². The van der Waals surface area contributed by atoms with E-state index in [1.165, 1.54) is 17.4 Å². The van der Waals surface area contributed by atoms with Gasteiger partial charge in [-0.2, -0.15) is 0 Å². The van der Waals surface area contributed by atoms with Crippen LogP contribution in [0.2, 0.25) is 118 Å². The lowest BCUT2D eigenvalue weighted by Crippen LogP contribution is -2.50. The van der Waals surface area contributed by atoms with Crippen molar-refractivity contribution in [1.82, 2.24) is 0 Å². The van der Waals surface area contributed by atoms with Crippen LogP contribution in [-0.4, -0.2) is 54.7 Å². The van der Waals surface area contributed by atoms with Gasteiger partial charge in [0.25, 0.3) is 0 Å². The molecule has 0 aliphatic heterocycles. The Hall–Kier alpha value is 0.191. The number of aldehydes is 1. The number of carbonyl (C=O) groups excluding carboxylic acids is 1. The van der Waals surface area contributed by atoms with Gasteiger partial charge in [-0.3, -0.25) is 4.79 Å². The lowest BCUT2D eigenvalue weighted by Gasteiger charge is -2.45. The van der Waals surface area contributed by atoms with Crippen molar-refractivity contribution >= 4 is 54.7 Å². The van der Waals surface area contributed by atoms with Crippen LogP contribution in [0.5, 0.6) is 0 Å². The van der Waals surface area contributed by atoms with Crippen molar-refractivity contribution in [2.75, 3.05) is 0 Å². The van der Waals surface area contributed by atoms with Crippen molar-refractivity contribution in [3.8, 4) is 0 Å². The predicted octanol–water partition coefficient (Wildman–Crippen LogP) is 10.0. The SMILES string of the molecule is C[Si](C)(C)C(c1cc(C([Si](C)(C)C)[Si](C)(C)C)c(C=O)c(C([Si](C)(C)C)[Si](C)(C)C)c1)[Si](C)(C)C. The molecule has 1 nitrogen and oxygen atoms in total. The first-order valence-electron chi connectivity index (χ1n) is 13.8. The Balaban J connectivity index is 4.43. The van der Waals surface area contributed by atoms with Gasteiger partial charge in [0.05, 0.1) is 0 Å². The van der Waals surface area contributed by atoms with Crippen molar-refractivity contribution in [3.63, 3.8) is 0 Å². The minimum Gasteiger partial charge on any atom is -0.298 e. The summed E-state index contributed by atoms with van der Waals surface area (Å²) in [5.74, 6) is 0. The van der Waals surface area contributed by atoms with E-state index >= 15 is 0 Å². The Morgan fingerprint density at radius 3 is 0.857 bits per heavy atom. The first-order chi connectivity index (χ1) is 15.1. The van der Waals surface area contributed by atoms with Crippen LogP contribution in [0.3, 0.4) is 0 Å². The first kappa shape index (κ1) is 33.2. The van der Waals surface area contributed by atoms with Crippen LogP contribution in [0.25, 0.3) is 0 Å². The van der Waals surface area contributed by atoms with E-state index in [0.29, 0.717) is 15.5 Å². The molecule has 0 fully saturated rings. The van der Waals surface area contributed by atoms with Gasteiger partial charge in [0.2, 0.25) is 0 Å². The predicted molar refractivity (Wildman–Crippen MR) is 180 cm³/mol. The van der Waals surface area contributed by atoms with Crippen molar-refractivity contribution < 1.29 is 4.79 Å². The first-order valence-corrected chi connectivity index (χ1v) is 35.2. The van der Waals surface area contributed by atoms with Crippen LogP contribution in [-0.2, 0) is 0 Å². The Morgan fingerprint density at radius 1 is 0.457 bits per heavy atom. The third kappa shape index (κ3) is 8.09. The molecule has 0 atom stereocenters. The van der Waals surface area contributed by atoms with Crippen LogP contribution in [0.4, 0.5) is 0 Å². The third-order valence-electron chi connectivity index (χ3n) is 7.54. The molecule has 1 aromatic rings. The highest BCUT2D eigenvalue weighted by Crippen LogP contribution is 2.46. The maximum absolute atomic E-state index is 13.1. The van der Waals surface area contributed by atoms with Gasteiger partial charge in [0.1, 0.15) is 0 Å². The second kappa shape index (κ2) is 10.4. The number of carbonyl (C=O) groups is 1. The van der Waals surface area contributed by atoms with E-state index in [1.54, 1.807) is 5.56 Å². The zero-order valence-corrected chi connectivity index (χ0v) is 32.9. The van der Waals surface area contributed by atoms with E-state index in [0.717, 1.165) is 5.56 Å². The summed E-state index contributed by atoms with van der Waals surface area (Å²) in [5, 5.41) is 1.87. The summed E-state index contributed by atoms with van der Waals surface area (Å²) in [5.41, 5.74) is 5.60. The quantitative estimate of drug-likeness (QED) is 0.199. The summed E-state index contributed by atoms with van der Waals surface area (Å²) in [6.45, 7) is 45.9. The molecule has 35 heavy (non-hydrogen) atoms. The highest BCUT2D eigenvalue weighted by atomic mass is 28.4. The Labute approximate surface area is 226 Å². The van der Waals surface area contributed by atoms with Gasteiger partial charge in [0, 0.05) is 54.0 Å². The van der Waals surface area contributed by atoms with Crippen molar-refractivity contribution in [3.05, 3.63) is 34.4 Å². The molecule has 0 aliphatic carbocycles. The van der Waals surface area contributed by atoms with Crippen LogP contribution in [0.1, 0.15) is 42.5 Å². The van der Waals surface area contributed by atoms with Gasteiger partial charge in [0.15, 0.2) is 6.29 Å². The second-order valence-electron chi connectivity index (χ2n) is 17.7. The van der Waals surface area contributed by atoms with E-state index in [2.05, 4.69) is 130 Å². The van der Waals surface area contributed by atoms with Gasteiger partial charge >= 0.3 is 0 Å². The monoisotopic (exact) mass is 580 g/mol. The van der Waals surface area contributed by atoms with Crippen molar-refractivity contribution in [2.45, 2.75) is 133 Å². The molecule has 0 amide bonds. The molecule has 1 aromatic carbocycles. The molecular weight excluding hydrogens is 521 g/mol. The van der Waals surface area contributed by atoms with E-state index in [9.17, 15) is 4.79 Å². The minimum absolute atomic E-state index is 0.585. The molecule has 0 unspecified atom stereocenters. The fraction of sp³-hybridized carbons (Fsp3) is 0.750. The van der Waals surface area contributed by atoms with Crippen LogP contribution < -0.4 is 0 Å². The highest BCUT2D eigenvalue weighted by Gasteiger charge is 2.46. The maximum Gasteiger partial charge on any atom is 0.150 e. The standard InChI is InChI=1S/C28H60OSi6/c1-30(2,3)26(31(4,5)6)22-19-23(27(32(7,8)9)33(10,11)12)25(21-29)24(20-22)28(34(13,14)15)35(16,17)18/h19-21,26-28H,1-18H3. The molecule has 0 N–H and O–H groups in total. The van der Waals surface area contributed by atoms with Gasteiger partial charge < -0.3 is 0 Å². The molecule has 7 heteroatoms. The summed E-state index contributed by atoms with van der Waals surface area (Å²) in [6.07, 6.45) is 1.28. The Bertz CT molecular complexity index is 801. The largest absolute Gasteiger partial charge is 0.298 e. The van der Waals surface area contributed by atoms with E-state index < -0.39 is 48.4 Å². The minimum atomic E-state index is -1.56. The van der Waals surface area contributed by atoms with Crippen LogP contribution in [0, 0.1) is 0 Å². The van der Waals surface area contributed by atoms with Crippen molar-refractivity contribution in [1.29, 1.82) is 0 Å². The molecule has 202 valence electrons. The maximum atomic E-state index is 13.1. The number of hydrogen-bond donors (Lipinski definition) is 0. The average Bonchev–Trinajstić information content (AvgIpc) is 2.45. The summed E-state index contributed by atoms with van der Waals surface area (Å²) >= 11 is 0. The summed E-state index contributed by atoms with van der Waals surface area (Å²) in [7, 11) is -9.19. The molecule has 1 rings (SSSR count). The molecular formula is C28H60OSi6. The summed E-state index contributed by atoms with van der Waals surface area (Å²) in [4.78, 5) is 13.1. The summed E-state index contributed by atoms with van der Waals surface area (Å²) < 4.78 is 0. The second-order valence-corrected chi connectivity index (χ2v) is 51.3. The molecule has 0 heterocycles.